The number of aromatic nitrogens is 1. The summed E-state index contributed by atoms with van der Waals surface area (Å²) in [4.78, 5) is 4.08. The summed E-state index contributed by atoms with van der Waals surface area (Å²) >= 11 is 5.79. The molecule has 1 unspecified atom stereocenters. The predicted octanol–water partition coefficient (Wildman–Crippen LogP) is 5.25. The zero-order valence-electron chi connectivity index (χ0n) is 12.1. The van der Waals surface area contributed by atoms with E-state index in [1.54, 1.807) is 12.3 Å². The third-order valence-electron chi connectivity index (χ3n) is 3.41. The van der Waals surface area contributed by atoms with Gasteiger partial charge in [0.25, 0.3) is 0 Å². The molecule has 0 saturated heterocycles. The van der Waals surface area contributed by atoms with Crippen molar-refractivity contribution in [3.8, 4) is 0 Å². The van der Waals surface area contributed by atoms with Crippen LogP contribution in [0, 0.1) is 0 Å². The van der Waals surface area contributed by atoms with Crippen molar-refractivity contribution in [2.24, 2.45) is 0 Å². The molecule has 0 radical (unpaired) electrons. The van der Waals surface area contributed by atoms with Crippen molar-refractivity contribution >= 4 is 17.3 Å². The van der Waals surface area contributed by atoms with Gasteiger partial charge in [0.2, 0.25) is 0 Å². The quantitative estimate of drug-likeness (QED) is 0.734. The molecule has 1 heterocycles. The lowest BCUT2D eigenvalue weighted by Gasteiger charge is -2.16. The van der Waals surface area contributed by atoms with E-state index in [9.17, 15) is 0 Å². The molecule has 0 amide bonds. The molecule has 0 aliphatic rings. The van der Waals surface area contributed by atoms with Crippen molar-refractivity contribution in [2.75, 3.05) is 5.32 Å². The van der Waals surface area contributed by atoms with E-state index in [-0.39, 0.29) is 6.04 Å². The van der Waals surface area contributed by atoms with E-state index < -0.39 is 0 Å². The molecule has 1 N–H and O–H groups in total. The molecule has 106 valence electrons. The van der Waals surface area contributed by atoms with E-state index in [0.717, 1.165) is 5.69 Å². The largest absolute Gasteiger partial charge is 0.377 e. The number of aryl methyl sites for hydroxylation is 1. The summed E-state index contributed by atoms with van der Waals surface area (Å²) in [6.45, 7) is 4.37. The Bertz CT molecular complexity index is 520. The van der Waals surface area contributed by atoms with Crippen LogP contribution >= 0.6 is 11.6 Å². The van der Waals surface area contributed by atoms with E-state index >= 15 is 0 Å². The van der Waals surface area contributed by atoms with Gasteiger partial charge in [-0.3, -0.25) is 0 Å². The molecule has 0 aliphatic heterocycles. The number of pyridine rings is 1. The Morgan fingerprint density at radius 1 is 1.15 bits per heavy atom. The van der Waals surface area contributed by atoms with Crippen LogP contribution in [0.15, 0.2) is 42.6 Å². The molecule has 3 heteroatoms. The van der Waals surface area contributed by atoms with Gasteiger partial charge >= 0.3 is 0 Å². The number of halogens is 1. The van der Waals surface area contributed by atoms with Crippen LogP contribution in [0.2, 0.25) is 5.15 Å². The van der Waals surface area contributed by atoms with Crippen molar-refractivity contribution in [2.45, 2.75) is 39.2 Å². The fourth-order valence-corrected chi connectivity index (χ4v) is 2.26. The van der Waals surface area contributed by atoms with Gasteiger partial charge in [-0.2, -0.15) is 0 Å². The number of anilines is 1. The van der Waals surface area contributed by atoms with Crippen LogP contribution in [0.4, 0.5) is 5.69 Å². The minimum absolute atomic E-state index is 0.248. The Morgan fingerprint density at radius 3 is 2.50 bits per heavy atom. The molecule has 1 aromatic carbocycles. The molecule has 0 bridgehead atoms. The Morgan fingerprint density at radius 2 is 1.90 bits per heavy atom. The maximum atomic E-state index is 5.79. The lowest BCUT2D eigenvalue weighted by molar-refractivity contribution is 0.793. The van der Waals surface area contributed by atoms with Gasteiger partial charge < -0.3 is 5.32 Å². The minimum Gasteiger partial charge on any atom is -0.377 e. The average molecular weight is 289 g/mol. The van der Waals surface area contributed by atoms with E-state index in [1.807, 2.05) is 6.07 Å². The maximum absolute atomic E-state index is 5.79. The molecule has 1 atom stereocenters. The summed E-state index contributed by atoms with van der Waals surface area (Å²) < 4.78 is 0. The van der Waals surface area contributed by atoms with Crippen LogP contribution < -0.4 is 5.32 Å². The number of benzene rings is 1. The molecule has 2 nitrogen and oxygen atoms in total. The lowest BCUT2D eigenvalue weighted by Crippen LogP contribution is -2.06. The first-order chi connectivity index (χ1) is 9.69. The van der Waals surface area contributed by atoms with Crippen LogP contribution in [0.5, 0.6) is 0 Å². The van der Waals surface area contributed by atoms with Crippen LogP contribution in [0.1, 0.15) is 43.9 Å². The monoisotopic (exact) mass is 288 g/mol. The number of rotatable bonds is 6. The van der Waals surface area contributed by atoms with Gasteiger partial charge in [0.15, 0.2) is 0 Å². The summed E-state index contributed by atoms with van der Waals surface area (Å²) in [5.41, 5.74) is 3.67. The fraction of sp³-hybridized carbons (Fsp3) is 0.353. The Hall–Kier alpha value is -1.54. The molecule has 0 saturated carbocycles. The van der Waals surface area contributed by atoms with Gasteiger partial charge in [0, 0.05) is 6.04 Å². The fourth-order valence-electron chi connectivity index (χ4n) is 2.15. The van der Waals surface area contributed by atoms with E-state index in [1.165, 1.54) is 30.4 Å². The van der Waals surface area contributed by atoms with E-state index in [4.69, 9.17) is 11.6 Å². The number of nitrogens with one attached hydrogen (secondary N) is 1. The number of nitrogens with zero attached hydrogens (tertiary/aromatic N) is 1. The maximum Gasteiger partial charge on any atom is 0.129 e. The minimum atomic E-state index is 0.248. The number of hydrogen-bond acceptors (Lipinski definition) is 2. The highest BCUT2D eigenvalue weighted by molar-refractivity contribution is 6.29. The molecule has 20 heavy (non-hydrogen) atoms. The summed E-state index contributed by atoms with van der Waals surface area (Å²) in [5.74, 6) is 0. The SMILES string of the molecule is CCCCc1ccc(C(C)Nc2ccc(Cl)nc2)cc1. The van der Waals surface area contributed by atoms with E-state index in [0.29, 0.717) is 5.15 Å². The molecule has 2 aromatic rings. The van der Waals surface area contributed by atoms with Crippen molar-refractivity contribution in [3.05, 3.63) is 58.9 Å². The van der Waals surface area contributed by atoms with Crippen LogP contribution in [-0.4, -0.2) is 4.98 Å². The number of unbranched alkanes of at least 4 members (excludes halogenated alkanes) is 1. The first kappa shape index (κ1) is 14.9. The molecular weight excluding hydrogens is 268 g/mol. The molecule has 0 aliphatic carbocycles. The van der Waals surface area contributed by atoms with Gasteiger partial charge in [-0.15, -0.1) is 0 Å². The average Bonchev–Trinajstić information content (AvgIpc) is 2.48. The van der Waals surface area contributed by atoms with Crippen molar-refractivity contribution in [1.29, 1.82) is 0 Å². The summed E-state index contributed by atoms with van der Waals surface area (Å²) in [6, 6.07) is 12.8. The van der Waals surface area contributed by atoms with Gasteiger partial charge in [-0.05, 0) is 43.0 Å². The van der Waals surface area contributed by atoms with Crippen LogP contribution in [0.3, 0.4) is 0 Å². The highest BCUT2D eigenvalue weighted by Gasteiger charge is 2.05. The zero-order chi connectivity index (χ0) is 14.4. The van der Waals surface area contributed by atoms with Gasteiger partial charge in [-0.25, -0.2) is 4.98 Å². The third-order valence-corrected chi connectivity index (χ3v) is 3.63. The highest BCUT2D eigenvalue weighted by Crippen LogP contribution is 2.20. The smallest absolute Gasteiger partial charge is 0.129 e. The molecule has 2 rings (SSSR count). The topological polar surface area (TPSA) is 24.9 Å². The van der Waals surface area contributed by atoms with Crippen molar-refractivity contribution in [3.63, 3.8) is 0 Å². The first-order valence-corrected chi connectivity index (χ1v) is 7.53. The summed E-state index contributed by atoms with van der Waals surface area (Å²) in [7, 11) is 0. The van der Waals surface area contributed by atoms with Crippen molar-refractivity contribution in [1.82, 2.24) is 4.98 Å². The summed E-state index contributed by atoms with van der Waals surface area (Å²) in [5, 5.41) is 3.94. The second-order valence-corrected chi connectivity index (χ2v) is 5.47. The molecular formula is C17H21ClN2. The Kier molecular flexibility index (Phi) is 5.42. The zero-order valence-corrected chi connectivity index (χ0v) is 12.8. The van der Waals surface area contributed by atoms with Crippen molar-refractivity contribution < 1.29 is 0 Å². The Balaban J connectivity index is 1.98. The standard InChI is InChI=1S/C17H21ClN2/c1-3-4-5-14-6-8-15(9-7-14)13(2)20-16-10-11-17(18)19-12-16/h6-13,20H,3-5H2,1-2H3. The first-order valence-electron chi connectivity index (χ1n) is 7.16. The second-order valence-electron chi connectivity index (χ2n) is 5.08. The molecule has 1 aromatic heterocycles. The van der Waals surface area contributed by atoms with Gasteiger partial charge in [0.1, 0.15) is 5.15 Å². The van der Waals surface area contributed by atoms with Gasteiger partial charge in [-0.1, -0.05) is 49.2 Å². The molecule has 0 fully saturated rings. The third kappa shape index (κ3) is 4.24. The molecule has 0 spiro atoms. The number of hydrogen-bond donors (Lipinski definition) is 1. The van der Waals surface area contributed by atoms with Crippen LogP contribution in [-0.2, 0) is 6.42 Å². The van der Waals surface area contributed by atoms with Gasteiger partial charge in [0.05, 0.1) is 11.9 Å². The summed E-state index contributed by atoms with van der Waals surface area (Å²) in [6.07, 6.45) is 5.42. The second kappa shape index (κ2) is 7.30. The van der Waals surface area contributed by atoms with Crippen LogP contribution in [0.25, 0.3) is 0 Å². The normalized spacial score (nSPS) is 12.2. The highest BCUT2D eigenvalue weighted by atomic mass is 35.5. The lowest BCUT2D eigenvalue weighted by atomic mass is 10.0. The van der Waals surface area contributed by atoms with E-state index in [2.05, 4.69) is 48.4 Å². The predicted molar refractivity (Wildman–Crippen MR) is 86.3 cm³/mol. The Labute approximate surface area is 126 Å².